The van der Waals surface area contributed by atoms with Crippen molar-refractivity contribution in [3.8, 4) is 0 Å². The van der Waals surface area contributed by atoms with Crippen LogP contribution in [-0.2, 0) is 0 Å². The summed E-state index contributed by atoms with van der Waals surface area (Å²) < 4.78 is 0.738. The second-order valence-electron chi connectivity index (χ2n) is 1.15. The highest BCUT2D eigenvalue weighted by Crippen LogP contribution is 1.89. The minimum absolute atomic E-state index is 0.738. The monoisotopic (exact) mass is 167 g/mol. The number of thiocarbonyl (C=S) groups is 1. The van der Waals surface area contributed by atoms with Gasteiger partial charge in [-0.3, -0.25) is 0 Å². The minimum atomic E-state index is 0.738. The van der Waals surface area contributed by atoms with E-state index in [0.29, 0.717) is 0 Å². The standard InChI is InChI=1S/C3H6BrNS/c1-5(2)3(4)6/h1-2H3. The fourth-order valence-corrected chi connectivity index (χ4v) is 0. The molecule has 0 saturated carbocycles. The Kier molecular flexibility index (Phi) is 2.68. The van der Waals surface area contributed by atoms with Gasteiger partial charge in [-0.15, -0.1) is 0 Å². The van der Waals surface area contributed by atoms with Crippen molar-refractivity contribution in [1.82, 2.24) is 4.90 Å². The van der Waals surface area contributed by atoms with Gasteiger partial charge < -0.3 is 4.90 Å². The van der Waals surface area contributed by atoms with Crippen LogP contribution < -0.4 is 0 Å². The van der Waals surface area contributed by atoms with Gasteiger partial charge in [-0.05, 0) is 15.9 Å². The zero-order valence-electron chi connectivity index (χ0n) is 3.73. The third kappa shape index (κ3) is 2.60. The highest BCUT2D eigenvalue weighted by molar-refractivity contribution is 9.20. The van der Waals surface area contributed by atoms with Crippen molar-refractivity contribution in [2.24, 2.45) is 0 Å². The van der Waals surface area contributed by atoms with Gasteiger partial charge in [-0.1, -0.05) is 12.2 Å². The molecular weight excluding hydrogens is 162 g/mol. The average molecular weight is 168 g/mol. The van der Waals surface area contributed by atoms with E-state index in [1.165, 1.54) is 0 Å². The lowest BCUT2D eigenvalue weighted by molar-refractivity contribution is 0.649. The molecule has 0 saturated heterocycles. The zero-order valence-corrected chi connectivity index (χ0v) is 6.14. The first-order valence-electron chi connectivity index (χ1n) is 1.51. The summed E-state index contributed by atoms with van der Waals surface area (Å²) in [7, 11) is 3.77. The Morgan fingerprint density at radius 3 is 1.83 bits per heavy atom. The van der Waals surface area contributed by atoms with Crippen LogP contribution in [-0.4, -0.2) is 22.9 Å². The van der Waals surface area contributed by atoms with Crippen LogP contribution in [0.15, 0.2) is 0 Å². The normalized spacial score (nSPS) is 7.83. The van der Waals surface area contributed by atoms with E-state index in [2.05, 4.69) is 28.1 Å². The number of halogens is 1. The van der Waals surface area contributed by atoms with E-state index in [4.69, 9.17) is 0 Å². The lowest BCUT2D eigenvalue weighted by atomic mass is 11.0. The Labute approximate surface area is 51.5 Å². The molecule has 0 rings (SSSR count). The summed E-state index contributed by atoms with van der Waals surface area (Å²) in [5.41, 5.74) is 0. The molecular formula is C3H6BrNS. The first-order valence-corrected chi connectivity index (χ1v) is 2.71. The molecule has 0 heterocycles. The molecule has 0 amide bonds. The quantitative estimate of drug-likeness (QED) is 0.304. The maximum absolute atomic E-state index is 4.66. The van der Waals surface area contributed by atoms with Crippen LogP contribution in [0.5, 0.6) is 0 Å². The topological polar surface area (TPSA) is 3.24 Å². The molecule has 0 radical (unpaired) electrons. The predicted octanol–water partition coefficient (Wildman–Crippen LogP) is 1.23. The fourth-order valence-electron chi connectivity index (χ4n) is 0. The lowest BCUT2D eigenvalue weighted by Crippen LogP contribution is -2.12. The Hall–Kier alpha value is 0.370. The summed E-state index contributed by atoms with van der Waals surface area (Å²) >= 11 is 7.76. The molecule has 0 fully saturated rings. The summed E-state index contributed by atoms with van der Waals surface area (Å²) in [6, 6.07) is 0. The van der Waals surface area contributed by atoms with Crippen molar-refractivity contribution >= 4 is 32.0 Å². The van der Waals surface area contributed by atoms with Gasteiger partial charge in [-0.25, -0.2) is 0 Å². The van der Waals surface area contributed by atoms with E-state index in [0.717, 1.165) is 3.90 Å². The Morgan fingerprint density at radius 1 is 1.67 bits per heavy atom. The molecule has 36 valence electrons. The van der Waals surface area contributed by atoms with Crippen LogP contribution in [0.1, 0.15) is 0 Å². The van der Waals surface area contributed by atoms with Gasteiger partial charge in [0.1, 0.15) is 3.90 Å². The van der Waals surface area contributed by atoms with Gasteiger partial charge in [-0.2, -0.15) is 0 Å². The van der Waals surface area contributed by atoms with E-state index in [1.807, 2.05) is 19.0 Å². The van der Waals surface area contributed by atoms with Crippen molar-refractivity contribution in [3.05, 3.63) is 0 Å². The van der Waals surface area contributed by atoms with Gasteiger partial charge in [0.15, 0.2) is 0 Å². The molecule has 3 heteroatoms. The van der Waals surface area contributed by atoms with Crippen LogP contribution in [0.2, 0.25) is 0 Å². The molecule has 0 aromatic carbocycles. The zero-order chi connectivity index (χ0) is 5.15. The smallest absolute Gasteiger partial charge is 0.145 e. The molecule has 0 aliphatic heterocycles. The number of hydrogen-bond donors (Lipinski definition) is 0. The van der Waals surface area contributed by atoms with Crippen molar-refractivity contribution in [2.45, 2.75) is 0 Å². The molecule has 0 N–H and O–H groups in total. The summed E-state index contributed by atoms with van der Waals surface area (Å²) in [6.45, 7) is 0. The third-order valence-electron chi connectivity index (χ3n) is 0.352. The first-order chi connectivity index (χ1) is 2.64. The second kappa shape index (κ2) is 2.53. The summed E-state index contributed by atoms with van der Waals surface area (Å²) in [4.78, 5) is 1.81. The maximum Gasteiger partial charge on any atom is 0.145 e. The van der Waals surface area contributed by atoms with Gasteiger partial charge >= 0.3 is 0 Å². The molecule has 6 heavy (non-hydrogen) atoms. The number of nitrogens with zero attached hydrogens (tertiary/aromatic N) is 1. The molecule has 0 aliphatic carbocycles. The van der Waals surface area contributed by atoms with Crippen molar-refractivity contribution < 1.29 is 0 Å². The van der Waals surface area contributed by atoms with Gasteiger partial charge in [0, 0.05) is 14.1 Å². The summed E-state index contributed by atoms with van der Waals surface area (Å²) in [5.74, 6) is 0. The van der Waals surface area contributed by atoms with E-state index >= 15 is 0 Å². The number of rotatable bonds is 0. The minimum Gasteiger partial charge on any atom is -0.363 e. The lowest BCUT2D eigenvalue weighted by Gasteiger charge is -2.04. The Bertz CT molecular complexity index is 61.8. The van der Waals surface area contributed by atoms with Crippen LogP contribution in [0.25, 0.3) is 0 Å². The van der Waals surface area contributed by atoms with Gasteiger partial charge in [0.05, 0.1) is 0 Å². The molecule has 1 nitrogen and oxygen atoms in total. The Morgan fingerprint density at radius 2 is 1.83 bits per heavy atom. The summed E-state index contributed by atoms with van der Waals surface area (Å²) in [6.07, 6.45) is 0. The molecule has 0 unspecified atom stereocenters. The van der Waals surface area contributed by atoms with E-state index in [1.54, 1.807) is 0 Å². The van der Waals surface area contributed by atoms with Crippen molar-refractivity contribution in [1.29, 1.82) is 0 Å². The fraction of sp³-hybridized carbons (Fsp3) is 0.667. The van der Waals surface area contributed by atoms with Crippen LogP contribution in [0, 0.1) is 0 Å². The van der Waals surface area contributed by atoms with Gasteiger partial charge in [0.2, 0.25) is 0 Å². The largest absolute Gasteiger partial charge is 0.363 e. The molecule has 0 aromatic rings. The average Bonchev–Trinajstić information content (AvgIpc) is 1.36. The van der Waals surface area contributed by atoms with Crippen LogP contribution >= 0.6 is 28.1 Å². The number of hydrogen-bond acceptors (Lipinski definition) is 1. The summed E-state index contributed by atoms with van der Waals surface area (Å²) in [5, 5.41) is 0. The third-order valence-corrected chi connectivity index (χ3v) is 1.43. The molecule has 0 spiro atoms. The Balaban J connectivity index is 3.26. The van der Waals surface area contributed by atoms with Gasteiger partial charge in [0.25, 0.3) is 0 Å². The molecule has 0 aromatic heterocycles. The van der Waals surface area contributed by atoms with Crippen LogP contribution in [0.4, 0.5) is 0 Å². The second-order valence-corrected chi connectivity index (χ2v) is 2.81. The van der Waals surface area contributed by atoms with E-state index < -0.39 is 0 Å². The SMILES string of the molecule is CN(C)C(=S)Br. The highest BCUT2D eigenvalue weighted by atomic mass is 79.9. The van der Waals surface area contributed by atoms with Crippen molar-refractivity contribution in [3.63, 3.8) is 0 Å². The molecule has 0 bridgehead atoms. The van der Waals surface area contributed by atoms with Crippen LogP contribution in [0.3, 0.4) is 0 Å². The first kappa shape index (κ1) is 6.37. The molecule has 0 aliphatic rings. The maximum atomic E-state index is 4.66. The highest BCUT2D eigenvalue weighted by Gasteiger charge is 1.84. The van der Waals surface area contributed by atoms with E-state index in [9.17, 15) is 0 Å². The predicted molar refractivity (Wildman–Crippen MR) is 35.2 cm³/mol. The molecule has 0 atom stereocenters. The van der Waals surface area contributed by atoms with Crippen molar-refractivity contribution in [2.75, 3.05) is 14.1 Å². The van der Waals surface area contributed by atoms with E-state index in [-0.39, 0.29) is 0 Å².